The van der Waals surface area contributed by atoms with Crippen molar-refractivity contribution >= 4 is 5.96 Å². The van der Waals surface area contributed by atoms with Crippen LogP contribution in [0.15, 0.2) is 23.7 Å². The van der Waals surface area contributed by atoms with Gasteiger partial charge in [-0.25, -0.2) is 4.98 Å². The molecule has 1 aromatic heterocycles. The zero-order valence-electron chi connectivity index (χ0n) is 10.5. The zero-order valence-corrected chi connectivity index (χ0v) is 10.5. The van der Waals surface area contributed by atoms with Crippen LogP contribution in [0.25, 0.3) is 0 Å². The SMILES string of the molecule is CCOCCNC(=NC)NCCn1ccnc1. The molecule has 0 aliphatic heterocycles. The molecule has 1 aromatic rings. The minimum absolute atomic E-state index is 0.693. The third kappa shape index (κ3) is 5.91. The Labute approximate surface area is 102 Å². The number of aromatic nitrogens is 2. The molecule has 1 rings (SSSR count). The monoisotopic (exact) mass is 239 g/mol. The van der Waals surface area contributed by atoms with Crippen LogP contribution in [0.1, 0.15) is 6.92 Å². The van der Waals surface area contributed by atoms with E-state index in [1.54, 1.807) is 19.6 Å². The van der Waals surface area contributed by atoms with Gasteiger partial charge in [-0.05, 0) is 6.92 Å². The average molecular weight is 239 g/mol. The van der Waals surface area contributed by atoms with Crippen molar-refractivity contribution < 1.29 is 4.74 Å². The lowest BCUT2D eigenvalue weighted by molar-refractivity contribution is 0.152. The van der Waals surface area contributed by atoms with Gasteiger partial charge in [0.2, 0.25) is 0 Å². The largest absolute Gasteiger partial charge is 0.380 e. The molecule has 2 N–H and O–H groups in total. The van der Waals surface area contributed by atoms with Gasteiger partial charge >= 0.3 is 0 Å². The molecule has 1 heterocycles. The molecule has 0 unspecified atom stereocenters. The third-order valence-corrected chi connectivity index (χ3v) is 2.19. The summed E-state index contributed by atoms with van der Waals surface area (Å²) in [6.45, 7) is 5.86. The summed E-state index contributed by atoms with van der Waals surface area (Å²) in [6, 6.07) is 0. The first-order chi connectivity index (χ1) is 8.36. The van der Waals surface area contributed by atoms with E-state index in [-0.39, 0.29) is 0 Å². The summed E-state index contributed by atoms with van der Waals surface area (Å²) in [7, 11) is 1.76. The first-order valence-electron chi connectivity index (χ1n) is 5.84. The van der Waals surface area contributed by atoms with Gasteiger partial charge in [0.15, 0.2) is 5.96 Å². The number of nitrogens with zero attached hydrogens (tertiary/aromatic N) is 3. The molecule has 17 heavy (non-hydrogen) atoms. The summed E-state index contributed by atoms with van der Waals surface area (Å²) < 4.78 is 7.25. The highest BCUT2D eigenvalue weighted by Crippen LogP contribution is 1.83. The number of ether oxygens (including phenoxy) is 1. The zero-order chi connectivity index (χ0) is 12.3. The summed E-state index contributed by atoms with van der Waals surface area (Å²) in [5.41, 5.74) is 0. The van der Waals surface area contributed by atoms with Gasteiger partial charge in [0.25, 0.3) is 0 Å². The number of aliphatic imine (C=N–C) groups is 1. The van der Waals surface area contributed by atoms with Crippen molar-refractivity contribution in [2.45, 2.75) is 13.5 Å². The predicted molar refractivity (Wildman–Crippen MR) is 68.1 cm³/mol. The van der Waals surface area contributed by atoms with E-state index in [4.69, 9.17) is 4.74 Å². The van der Waals surface area contributed by atoms with Crippen LogP contribution in [-0.4, -0.2) is 48.9 Å². The highest BCUT2D eigenvalue weighted by molar-refractivity contribution is 5.79. The summed E-state index contributed by atoms with van der Waals surface area (Å²) in [4.78, 5) is 8.10. The molecule has 6 heteroatoms. The van der Waals surface area contributed by atoms with Crippen LogP contribution in [-0.2, 0) is 11.3 Å². The Morgan fingerprint density at radius 3 is 2.88 bits per heavy atom. The van der Waals surface area contributed by atoms with Gasteiger partial charge in [0, 0.05) is 45.7 Å². The molecule has 0 saturated heterocycles. The molecule has 0 fully saturated rings. The Balaban J connectivity index is 2.10. The molecule has 0 aliphatic rings. The van der Waals surface area contributed by atoms with Crippen LogP contribution in [0, 0.1) is 0 Å². The molecule has 0 bridgehead atoms. The molecule has 0 amide bonds. The molecule has 0 saturated carbocycles. The smallest absolute Gasteiger partial charge is 0.191 e. The van der Waals surface area contributed by atoms with Crippen LogP contribution >= 0.6 is 0 Å². The Bertz CT molecular complexity index is 310. The lowest BCUT2D eigenvalue weighted by Crippen LogP contribution is -2.40. The highest BCUT2D eigenvalue weighted by Gasteiger charge is 1.96. The quantitative estimate of drug-likeness (QED) is 0.402. The molecule has 96 valence electrons. The second-order valence-electron chi connectivity index (χ2n) is 3.42. The van der Waals surface area contributed by atoms with Crippen molar-refractivity contribution in [1.29, 1.82) is 0 Å². The normalized spacial score (nSPS) is 11.5. The Hall–Kier alpha value is -1.56. The van der Waals surface area contributed by atoms with Gasteiger partial charge in [-0.2, -0.15) is 0 Å². The molecule has 6 nitrogen and oxygen atoms in total. The summed E-state index contributed by atoms with van der Waals surface area (Å²) in [6.07, 6.45) is 5.51. The van der Waals surface area contributed by atoms with Crippen LogP contribution in [0.5, 0.6) is 0 Å². The fourth-order valence-corrected chi connectivity index (χ4v) is 1.33. The minimum atomic E-state index is 0.693. The van der Waals surface area contributed by atoms with E-state index in [0.717, 1.165) is 32.2 Å². The maximum Gasteiger partial charge on any atom is 0.191 e. The second kappa shape index (κ2) is 8.58. The number of guanidine groups is 1. The van der Waals surface area contributed by atoms with Gasteiger partial charge in [-0.3, -0.25) is 4.99 Å². The van der Waals surface area contributed by atoms with Crippen molar-refractivity contribution in [2.24, 2.45) is 4.99 Å². The highest BCUT2D eigenvalue weighted by atomic mass is 16.5. The number of hydrogen-bond acceptors (Lipinski definition) is 3. The Kier molecular flexibility index (Phi) is 6.81. The van der Waals surface area contributed by atoms with Crippen LogP contribution in [0.3, 0.4) is 0 Å². The molecule has 0 radical (unpaired) electrons. The number of nitrogens with one attached hydrogen (secondary N) is 2. The summed E-state index contributed by atoms with van der Waals surface area (Å²) >= 11 is 0. The van der Waals surface area contributed by atoms with Gasteiger partial charge in [0.05, 0.1) is 12.9 Å². The van der Waals surface area contributed by atoms with Crippen LogP contribution < -0.4 is 10.6 Å². The van der Waals surface area contributed by atoms with Crippen LogP contribution in [0.4, 0.5) is 0 Å². The maximum atomic E-state index is 5.23. The van der Waals surface area contributed by atoms with Crippen molar-refractivity contribution in [1.82, 2.24) is 20.2 Å². The third-order valence-electron chi connectivity index (χ3n) is 2.19. The fraction of sp³-hybridized carbons (Fsp3) is 0.636. The first kappa shape index (κ1) is 13.5. The van der Waals surface area contributed by atoms with E-state index in [1.807, 2.05) is 17.7 Å². The molecule has 0 atom stereocenters. The molecule has 0 aromatic carbocycles. The summed E-state index contributed by atoms with van der Waals surface area (Å²) in [5, 5.41) is 6.39. The Morgan fingerprint density at radius 2 is 2.24 bits per heavy atom. The minimum Gasteiger partial charge on any atom is -0.380 e. The van der Waals surface area contributed by atoms with Gasteiger partial charge < -0.3 is 19.9 Å². The van der Waals surface area contributed by atoms with Crippen molar-refractivity contribution in [3.63, 3.8) is 0 Å². The molecule has 0 spiro atoms. The van der Waals surface area contributed by atoms with E-state index < -0.39 is 0 Å². The van der Waals surface area contributed by atoms with Gasteiger partial charge in [-0.15, -0.1) is 0 Å². The number of imidazole rings is 1. The van der Waals surface area contributed by atoms with Crippen molar-refractivity contribution in [3.05, 3.63) is 18.7 Å². The number of hydrogen-bond donors (Lipinski definition) is 2. The van der Waals surface area contributed by atoms with E-state index in [1.165, 1.54) is 0 Å². The lowest BCUT2D eigenvalue weighted by atomic mass is 10.6. The molecular formula is C11H21N5O. The maximum absolute atomic E-state index is 5.23. The topological polar surface area (TPSA) is 63.5 Å². The van der Waals surface area contributed by atoms with Gasteiger partial charge in [0.1, 0.15) is 0 Å². The van der Waals surface area contributed by atoms with E-state index >= 15 is 0 Å². The average Bonchev–Trinajstić information content (AvgIpc) is 2.85. The van der Waals surface area contributed by atoms with Crippen molar-refractivity contribution in [2.75, 3.05) is 33.4 Å². The standard InChI is InChI=1S/C11H21N5O/c1-3-17-9-6-15-11(12-2)14-5-8-16-7-4-13-10-16/h4,7,10H,3,5-6,8-9H2,1-2H3,(H2,12,14,15). The number of rotatable bonds is 7. The first-order valence-corrected chi connectivity index (χ1v) is 5.84. The van der Waals surface area contributed by atoms with E-state index in [2.05, 4.69) is 20.6 Å². The van der Waals surface area contributed by atoms with Crippen molar-refractivity contribution in [3.8, 4) is 0 Å². The fourth-order valence-electron chi connectivity index (χ4n) is 1.33. The van der Waals surface area contributed by atoms with E-state index in [9.17, 15) is 0 Å². The van der Waals surface area contributed by atoms with Gasteiger partial charge in [-0.1, -0.05) is 0 Å². The van der Waals surface area contributed by atoms with E-state index in [0.29, 0.717) is 6.61 Å². The summed E-state index contributed by atoms with van der Waals surface area (Å²) in [5.74, 6) is 0.796. The predicted octanol–water partition coefficient (Wildman–Crippen LogP) is 0.0846. The molecule has 0 aliphatic carbocycles. The van der Waals surface area contributed by atoms with Crippen LogP contribution in [0.2, 0.25) is 0 Å². The molecular weight excluding hydrogens is 218 g/mol. The lowest BCUT2D eigenvalue weighted by Gasteiger charge is -2.11. The Morgan fingerprint density at radius 1 is 1.41 bits per heavy atom. The second-order valence-corrected chi connectivity index (χ2v) is 3.42.